The fourth-order valence-electron chi connectivity index (χ4n) is 0.599. The summed E-state index contributed by atoms with van der Waals surface area (Å²) in [6, 6.07) is 1.56. The zero-order chi connectivity index (χ0) is 8.27. The highest BCUT2D eigenvalue weighted by Gasteiger charge is 2.02. The van der Waals surface area contributed by atoms with Crippen molar-refractivity contribution in [3.8, 4) is 0 Å². The molecule has 0 aliphatic heterocycles. The lowest BCUT2D eigenvalue weighted by molar-refractivity contribution is 0.322. The minimum atomic E-state index is 0.218. The molecule has 0 amide bonds. The van der Waals surface area contributed by atoms with Gasteiger partial charge >= 0.3 is 0 Å². The van der Waals surface area contributed by atoms with Gasteiger partial charge in [0, 0.05) is 6.20 Å². The van der Waals surface area contributed by atoms with Crippen LogP contribution in [0.3, 0.4) is 0 Å². The average Bonchev–Trinajstić information content (AvgIpc) is 1.97. The minimum absolute atomic E-state index is 0.218. The molecule has 3 nitrogen and oxygen atoms in total. The lowest BCUT2D eigenvalue weighted by atomic mass is 10.3. The second kappa shape index (κ2) is 3.55. The number of rotatable bonds is 1. The Bertz CT molecular complexity index is 268. The molecule has 0 radical (unpaired) electrons. The Morgan fingerprint density at radius 1 is 1.55 bits per heavy atom. The van der Waals surface area contributed by atoms with Gasteiger partial charge in [0.25, 0.3) is 0 Å². The number of nitrogens with zero attached hydrogens (tertiary/aromatic N) is 2. The lowest BCUT2D eigenvalue weighted by Gasteiger charge is -1.96. The van der Waals surface area contributed by atoms with Gasteiger partial charge in [0.15, 0.2) is 0 Å². The Morgan fingerprint density at radius 3 is 2.82 bits per heavy atom. The third kappa shape index (κ3) is 1.82. The van der Waals surface area contributed by atoms with E-state index in [0.717, 1.165) is 6.21 Å². The molecule has 0 unspecified atom stereocenters. The first kappa shape index (κ1) is 8.30. The van der Waals surface area contributed by atoms with E-state index in [2.05, 4.69) is 10.1 Å². The largest absolute Gasteiger partial charge is 0.411 e. The molecule has 5 heteroatoms. The fraction of sp³-hybridized carbons (Fsp3) is 0. The van der Waals surface area contributed by atoms with E-state index >= 15 is 0 Å². The molecule has 0 fully saturated rings. The van der Waals surface area contributed by atoms with Gasteiger partial charge in [-0.1, -0.05) is 28.4 Å². The highest BCUT2D eigenvalue weighted by atomic mass is 35.5. The van der Waals surface area contributed by atoms with E-state index in [4.69, 9.17) is 28.4 Å². The van der Waals surface area contributed by atoms with Crippen LogP contribution in [0.2, 0.25) is 10.2 Å². The summed E-state index contributed by atoms with van der Waals surface area (Å²) in [6.45, 7) is 0. The molecule has 1 aromatic rings. The average molecular weight is 191 g/mol. The quantitative estimate of drug-likeness (QED) is 0.320. The second-order valence-electron chi connectivity index (χ2n) is 1.74. The first-order chi connectivity index (χ1) is 5.25. The van der Waals surface area contributed by atoms with E-state index in [0.29, 0.717) is 10.6 Å². The van der Waals surface area contributed by atoms with E-state index in [1.807, 2.05) is 0 Å². The molecule has 1 aromatic heterocycles. The summed E-state index contributed by atoms with van der Waals surface area (Å²) in [5.74, 6) is 0. The van der Waals surface area contributed by atoms with Crippen molar-refractivity contribution in [2.75, 3.05) is 0 Å². The van der Waals surface area contributed by atoms with Gasteiger partial charge in [0.05, 0.1) is 16.8 Å². The topological polar surface area (TPSA) is 45.5 Å². The van der Waals surface area contributed by atoms with Gasteiger partial charge in [-0.25, -0.2) is 4.98 Å². The van der Waals surface area contributed by atoms with Gasteiger partial charge < -0.3 is 5.21 Å². The second-order valence-corrected chi connectivity index (χ2v) is 2.51. The first-order valence-electron chi connectivity index (χ1n) is 2.73. The van der Waals surface area contributed by atoms with Crippen molar-refractivity contribution in [2.45, 2.75) is 0 Å². The van der Waals surface area contributed by atoms with E-state index in [1.165, 1.54) is 6.20 Å². The van der Waals surface area contributed by atoms with E-state index in [-0.39, 0.29) is 5.15 Å². The molecule has 11 heavy (non-hydrogen) atoms. The van der Waals surface area contributed by atoms with Crippen molar-refractivity contribution in [3.63, 3.8) is 0 Å². The molecular formula is C6H4Cl2N2O. The summed E-state index contributed by atoms with van der Waals surface area (Å²) < 4.78 is 0. The molecule has 1 heterocycles. The van der Waals surface area contributed by atoms with Crippen LogP contribution in [0.25, 0.3) is 0 Å². The predicted octanol–water partition coefficient (Wildman–Crippen LogP) is 2.20. The Kier molecular flexibility index (Phi) is 2.68. The maximum absolute atomic E-state index is 8.19. The van der Waals surface area contributed by atoms with Crippen LogP contribution in [-0.4, -0.2) is 16.4 Å². The van der Waals surface area contributed by atoms with Gasteiger partial charge in [-0.3, -0.25) is 0 Å². The summed E-state index contributed by atoms with van der Waals surface area (Å²) >= 11 is 11.3. The third-order valence-electron chi connectivity index (χ3n) is 1.08. The summed E-state index contributed by atoms with van der Waals surface area (Å²) in [6.07, 6.45) is 2.61. The maximum atomic E-state index is 8.19. The van der Waals surface area contributed by atoms with Crippen molar-refractivity contribution < 1.29 is 5.21 Å². The monoisotopic (exact) mass is 190 g/mol. The van der Waals surface area contributed by atoms with E-state index in [1.54, 1.807) is 6.07 Å². The van der Waals surface area contributed by atoms with Gasteiger partial charge in [-0.05, 0) is 6.07 Å². The van der Waals surface area contributed by atoms with Crippen LogP contribution in [0.5, 0.6) is 0 Å². The number of aromatic nitrogens is 1. The first-order valence-corrected chi connectivity index (χ1v) is 3.48. The van der Waals surface area contributed by atoms with Crippen molar-refractivity contribution in [1.29, 1.82) is 0 Å². The smallest absolute Gasteiger partial charge is 0.139 e. The Labute approximate surface area is 73.3 Å². The van der Waals surface area contributed by atoms with Crippen LogP contribution in [-0.2, 0) is 0 Å². The van der Waals surface area contributed by atoms with Crippen LogP contribution < -0.4 is 0 Å². The van der Waals surface area contributed by atoms with Crippen molar-refractivity contribution in [3.05, 3.63) is 28.0 Å². The van der Waals surface area contributed by atoms with Crippen molar-refractivity contribution >= 4 is 29.4 Å². The number of pyridine rings is 1. The van der Waals surface area contributed by atoms with Crippen molar-refractivity contribution in [2.24, 2.45) is 5.16 Å². The minimum Gasteiger partial charge on any atom is -0.411 e. The third-order valence-corrected chi connectivity index (χ3v) is 1.71. The molecule has 0 bridgehead atoms. The van der Waals surface area contributed by atoms with Gasteiger partial charge in [-0.2, -0.15) is 0 Å². The summed E-state index contributed by atoms with van der Waals surface area (Å²) in [5, 5.41) is 11.6. The molecule has 58 valence electrons. The zero-order valence-electron chi connectivity index (χ0n) is 5.33. The Hall–Kier alpha value is -0.800. The van der Waals surface area contributed by atoms with E-state index in [9.17, 15) is 0 Å². The predicted molar refractivity (Wildman–Crippen MR) is 43.6 cm³/mol. The van der Waals surface area contributed by atoms with Crippen LogP contribution in [0.1, 0.15) is 5.56 Å². The maximum Gasteiger partial charge on any atom is 0.139 e. The van der Waals surface area contributed by atoms with Gasteiger partial charge in [0.2, 0.25) is 0 Å². The summed E-state index contributed by atoms with van der Waals surface area (Å²) in [7, 11) is 0. The molecule has 0 saturated carbocycles. The molecule has 0 saturated heterocycles. The number of hydrogen-bond acceptors (Lipinski definition) is 3. The van der Waals surface area contributed by atoms with Crippen LogP contribution in [0.4, 0.5) is 0 Å². The molecule has 1 rings (SSSR count). The molecule has 0 aliphatic rings. The Morgan fingerprint density at radius 2 is 2.27 bits per heavy atom. The van der Waals surface area contributed by atoms with Crippen molar-refractivity contribution in [1.82, 2.24) is 4.98 Å². The van der Waals surface area contributed by atoms with Crippen LogP contribution in [0.15, 0.2) is 17.4 Å². The number of halogens is 2. The summed E-state index contributed by atoms with van der Waals surface area (Å²) in [5.41, 5.74) is 0.415. The number of oxime groups is 1. The fourth-order valence-corrected chi connectivity index (χ4v) is 1.05. The molecule has 1 N–H and O–H groups in total. The highest BCUT2D eigenvalue weighted by Crippen LogP contribution is 2.19. The SMILES string of the molecule is O/N=C\c1c(Cl)ccnc1Cl. The molecule has 0 atom stereocenters. The normalized spacial score (nSPS) is 10.7. The number of hydrogen-bond donors (Lipinski definition) is 1. The van der Waals surface area contributed by atoms with Gasteiger partial charge in [0.1, 0.15) is 5.15 Å². The highest BCUT2D eigenvalue weighted by molar-refractivity contribution is 6.37. The zero-order valence-corrected chi connectivity index (χ0v) is 6.84. The van der Waals surface area contributed by atoms with Crippen LogP contribution >= 0.6 is 23.2 Å². The van der Waals surface area contributed by atoms with E-state index < -0.39 is 0 Å². The van der Waals surface area contributed by atoms with Crippen LogP contribution in [0, 0.1) is 0 Å². The lowest BCUT2D eigenvalue weighted by Crippen LogP contribution is -1.87. The molecule has 0 spiro atoms. The molecular weight excluding hydrogens is 187 g/mol. The molecule has 0 aromatic carbocycles. The standard InChI is InChI=1S/C6H4Cl2N2O/c7-5-1-2-9-6(8)4(5)3-10-11/h1-3,11H/b10-3-. The summed E-state index contributed by atoms with van der Waals surface area (Å²) in [4.78, 5) is 3.74. The molecule has 0 aliphatic carbocycles. The van der Waals surface area contributed by atoms with Gasteiger partial charge in [-0.15, -0.1) is 0 Å². The Balaban J connectivity index is 3.20.